The molecule has 1 aliphatic heterocycles. The van der Waals surface area contributed by atoms with Gasteiger partial charge in [0.15, 0.2) is 0 Å². The highest BCUT2D eigenvalue weighted by molar-refractivity contribution is 6.01. The summed E-state index contributed by atoms with van der Waals surface area (Å²) < 4.78 is 0. The smallest absolute Gasteiger partial charge is 0.243 e. The fraction of sp³-hybridized carbons (Fsp3) is 0.750. The number of rotatable bonds is 1. The summed E-state index contributed by atoms with van der Waals surface area (Å²) in [6, 6.07) is -0.518. The molecule has 0 aromatic heterocycles. The van der Waals surface area contributed by atoms with Crippen molar-refractivity contribution >= 4 is 11.8 Å². The lowest BCUT2D eigenvalue weighted by molar-refractivity contribution is -0.138. The second kappa shape index (κ2) is 3.23. The van der Waals surface area contributed by atoms with E-state index in [1.807, 2.05) is 13.8 Å². The quantitative estimate of drug-likeness (QED) is 0.527. The Bertz CT molecular complexity index is 213. The van der Waals surface area contributed by atoms with Crippen LogP contribution in [0.15, 0.2) is 0 Å². The molecule has 0 spiro atoms. The highest BCUT2D eigenvalue weighted by atomic mass is 16.2. The van der Waals surface area contributed by atoms with Crippen LogP contribution in [0, 0.1) is 11.8 Å². The van der Waals surface area contributed by atoms with Crippen molar-refractivity contribution in [3.05, 3.63) is 0 Å². The van der Waals surface area contributed by atoms with Crippen LogP contribution in [0.3, 0.4) is 0 Å². The number of carbonyl (C=O) groups is 2. The third-order valence-electron chi connectivity index (χ3n) is 2.23. The normalized spacial score (nSPS) is 30.7. The first kappa shape index (κ1) is 9.19. The summed E-state index contributed by atoms with van der Waals surface area (Å²) in [5.74, 6) is -0.407. The van der Waals surface area contributed by atoms with Gasteiger partial charge in [-0.2, -0.15) is 0 Å². The molecule has 0 aromatic rings. The monoisotopic (exact) mass is 170 g/mol. The molecule has 0 radical (unpaired) electrons. The Morgan fingerprint density at radius 1 is 1.42 bits per heavy atom. The molecular formula is C8H14N2O2. The van der Waals surface area contributed by atoms with Gasteiger partial charge in [-0.05, 0) is 12.3 Å². The van der Waals surface area contributed by atoms with Gasteiger partial charge in [-0.15, -0.1) is 0 Å². The Balaban J connectivity index is 2.68. The van der Waals surface area contributed by atoms with Crippen LogP contribution in [0.4, 0.5) is 0 Å². The van der Waals surface area contributed by atoms with E-state index in [1.54, 1.807) is 0 Å². The molecule has 1 heterocycles. The van der Waals surface area contributed by atoms with Crippen LogP contribution in [0.25, 0.3) is 0 Å². The van der Waals surface area contributed by atoms with Gasteiger partial charge < -0.3 is 5.73 Å². The summed E-state index contributed by atoms with van der Waals surface area (Å²) in [7, 11) is 0. The number of hydrogen-bond acceptors (Lipinski definition) is 3. The largest absolute Gasteiger partial charge is 0.320 e. The average molecular weight is 170 g/mol. The lowest BCUT2D eigenvalue weighted by Gasteiger charge is -2.27. The molecule has 0 aromatic carbocycles. The van der Waals surface area contributed by atoms with Gasteiger partial charge in [0, 0.05) is 5.92 Å². The van der Waals surface area contributed by atoms with E-state index >= 15 is 0 Å². The van der Waals surface area contributed by atoms with Crippen molar-refractivity contribution in [2.75, 3.05) is 0 Å². The lowest BCUT2D eigenvalue weighted by atomic mass is 9.86. The fourth-order valence-corrected chi connectivity index (χ4v) is 1.37. The maximum absolute atomic E-state index is 11.2. The Morgan fingerprint density at radius 2 is 2.00 bits per heavy atom. The maximum Gasteiger partial charge on any atom is 0.243 e. The standard InChI is InChI=1S/C8H14N2O2/c1-4(2)5-3-6(9)8(12)10-7(5)11/h4-6H,3,9H2,1-2H3,(H,10,11,12). The van der Waals surface area contributed by atoms with Gasteiger partial charge in [0.1, 0.15) is 0 Å². The molecule has 1 aliphatic rings. The van der Waals surface area contributed by atoms with Crippen molar-refractivity contribution in [3.8, 4) is 0 Å². The zero-order chi connectivity index (χ0) is 9.30. The molecule has 2 amide bonds. The highest BCUT2D eigenvalue weighted by Crippen LogP contribution is 2.19. The van der Waals surface area contributed by atoms with Crippen LogP contribution in [-0.2, 0) is 9.59 Å². The Morgan fingerprint density at radius 3 is 2.50 bits per heavy atom. The summed E-state index contributed by atoms with van der Waals surface area (Å²) in [6.07, 6.45) is 0.475. The van der Waals surface area contributed by atoms with Crippen molar-refractivity contribution in [1.82, 2.24) is 5.32 Å². The van der Waals surface area contributed by atoms with E-state index in [9.17, 15) is 9.59 Å². The van der Waals surface area contributed by atoms with E-state index in [0.717, 1.165) is 0 Å². The van der Waals surface area contributed by atoms with Gasteiger partial charge in [-0.3, -0.25) is 14.9 Å². The van der Waals surface area contributed by atoms with E-state index in [0.29, 0.717) is 6.42 Å². The van der Waals surface area contributed by atoms with Crippen molar-refractivity contribution in [2.45, 2.75) is 26.3 Å². The molecule has 0 aliphatic carbocycles. The highest BCUT2D eigenvalue weighted by Gasteiger charge is 2.33. The molecule has 3 N–H and O–H groups in total. The fourth-order valence-electron chi connectivity index (χ4n) is 1.37. The molecule has 68 valence electrons. The van der Waals surface area contributed by atoms with Crippen LogP contribution in [0.5, 0.6) is 0 Å². The second-order valence-electron chi connectivity index (χ2n) is 3.55. The molecule has 1 fully saturated rings. The number of imide groups is 1. The minimum atomic E-state index is -0.518. The SMILES string of the molecule is CC(C)C1CC(N)C(=O)NC1=O. The third kappa shape index (κ3) is 1.64. The predicted octanol–water partition coefficient (Wildman–Crippen LogP) is -0.368. The van der Waals surface area contributed by atoms with Crippen LogP contribution >= 0.6 is 0 Å². The third-order valence-corrected chi connectivity index (χ3v) is 2.23. The topological polar surface area (TPSA) is 72.2 Å². The zero-order valence-corrected chi connectivity index (χ0v) is 7.33. The Labute approximate surface area is 71.5 Å². The maximum atomic E-state index is 11.2. The number of piperidine rings is 1. The van der Waals surface area contributed by atoms with Crippen LogP contribution < -0.4 is 11.1 Å². The van der Waals surface area contributed by atoms with Crippen molar-refractivity contribution in [2.24, 2.45) is 17.6 Å². The second-order valence-corrected chi connectivity index (χ2v) is 3.55. The van der Waals surface area contributed by atoms with Gasteiger partial charge in [0.2, 0.25) is 11.8 Å². The minimum absolute atomic E-state index is 0.113. The minimum Gasteiger partial charge on any atom is -0.320 e. The Hall–Kier alpha value is -0.900. The summed E-state index contributed by atoms with van der Waals surface area (Å²) >= 11 is 0. The zero-order valence-electron chi connectivity index (χ0n) is 7.33. The molecule has 0 bridgehead atoms. The van der Waals surface area contributed by atoms with E-state index in [4.69, 9.17) is 5.73 Å². The van der Waals surface area contributed by atoms with Crippen LogP contribution in [0.2, 0.25) is 0 Å². The van der Waals surface area contributed by atoms with E-state index < -0.39 is 6.04 Å². The molecule has 4 heteroatoms. The summed E-state index contributed by atoms with van der Waals surface area (Å²) in [6.45, 7) is 3.90. The predicted molar refractivity (Wildman–Crippen MR) is 44.1 cm³/mol. The number of nitrogens with two attached hydrogens (primary N) is 1. The number of amides is 2. The van der Waals surface area contributed by atoms with Crippen molar-refractivity contribution < 1.29 is 9.59 Å². The van der Waals surface area contributed by atoms with Crippen LogP contribution in [-0.4, -0.2) is 17.9 Å². The van der Waals surface area contributed by atoms with Gasteiger partial charge in [-0.25, -0.2) is 0 Å². The van der Waals surface area contributed by atoms with Gasteiger partial charge in [0.25, 0.3) is 0 Å². The number of hydrogen-bond donors (Lipinski definition) is 2. The summed E-state index contributed by atoms with van der Waals surface area (Å²) in [5, 5.41) is 2.26. The van der Waals surface area contributed by atoms with E-state index in [2.05, 4.69) is 5.32 Å². The van der Waals surface area contributed by atoms with Crippen molar-refractivity contribution in [1.29, 1.82) is 0 Å². The van der Waals surface area contributed by atoms with Crippen molar-refractivity contribution in [3.63, 3.8) is 0 Å². The molecule has 0 saturated carbocycles. The first-order valence-corrected chi connectivity index (χ1v) is 4.12. The summed E-state index contributed by atoms with van der Waals surface area (Å²) in [5.41, 5.74) is 5.50. The summed E-state index contributed by atoms with van der Waals surface area (Å²) in [4.78, 5) is 22.1. The Kier molecular flexibility index (Phi) is 2.47. The first-order chi connectivity index (χ1) is 5.52. The molecule has 2 atom stereocenters. The molecule has 12 heavy (non-hydrogen) atoms. The average Bonchev–Trinajstić information content (AvgIpc) is 1.96. The number of nitrogens with one attached hydrogen (secondary N) is 1. The molecular weight excluding hydrogens is 156 g/mol. The van der Waals surface area contributed by atoms with Crippen LogP contribution in [0.1, 0.15) is 20.3 Å². The van der Waals surface area contributed by atoms with Gasteiger partial charge >= 0.3 is 0 Å². The number of carbonyl (C=O) groups excluding carboxylic acids is 2. The first-order valence-electron chi connectivity index (χ1n) is 4.12. The van der Waals surface area contributed by atoms with E-state index in [-0.39, 0.29) is 23.7 Å². The van der Waals surface area contributed by atoms with Gasteiger partial charge in [0.05, 0.1) is 6.04 Å². The molecule has 4 nitrogen and oxygen atoms in total. The van der Waals surface area contributed by atoms with E-state index in [1.165, 1.54) is 0 Å². The molecule has 1 rings (SSSR count). The molecule has 2 unspecified atom stereocenters. The molecule has 1 saturated heterocycles. The lowest BCUT2D eigenvalue weighted by Crippen LogP contribution is -2.53. The van der Waals surface area contributed by atoms with Gasteiger partial charge in [-0.1, -0.05) is 13.8 Å².